The number of fused-ring (bicyclic) bond motifs is 1. The summed E-state index contributed by atoms with van der Waals surface area (Å²) >= 11 is 1.45. The Balaban J connectivity index is 2.31. The summed E-state index contributed by atoms with van der Waals surface area (Å²) in [6.07, 6.45) is 6.60. The number of terminal acetylenes is 1. The van der Waals surface area contributed by atoms with E-state index in [1.165, 1.54) is 11.3 Å². The van der Waals surface area contributed by atoms with E-state index in [9.17, 15) is 10.1 Å². The summed E-state index contributed by atoms with van der Waals surface area (Å²) in [4.78, 5) is 15.0. The fraction of sp³-hybridized carbons (Fsp3) is 0.308. The highest BCUT2D eigenvalue weighted by Gasteiger charge is 2.16. The normalized spacial score (nSPS) is 10.3. The molecule has 0 amide bonds. The molecule has 5 nitrogen and oxygen atoms in total. The largest absolute Gasteiger partial charge is 0.379 e. The molecule has 98 valence electrons. The molecule has 0 aliphatic carbocycles. The van der Waals surface area contributed by atoms with Crippen LogP contribution in [0.5, 0.6) is 0 Å². The standard InChI is InChI=1S/C13H13N3O2S/c1-3-4-5-6-14-10-7-11-13(19-9(2)15-11)8-12(10)16(17)18/h1,7-8,14H,4-6H2,2H3. The van der Waals surface area contributed by atoms with Gasteiger partial charge in [0.1, 0.15) is 5.69 Å². The summed E-state index contributed by atoms with van der Waals surface area (Å²) in [5.41, 5.74) is 1.37. The Morgan fingerprint density at radius 3 is 3.05 bits per heavy atom. The van der Waals surface area contributed by atoms with Crippen molar-refractivity contribution in [1.29, 1.82) is 0 Å². The van der Waals surface area contributed by atoms with E-state index in [0.29, 0.717) is 18.7 Å². The molecule has 0 aliphatic rings. The Morgan fingerprint density at radius 1 is 1.58 bits per heavy atom. The average molecular weight is 275 g/mol. The highest BCUT2D eigenvalue weighted by Crippen LogP contribution is 2.32. The van der Waals surface area contributed by atoms with E-state index < -0.39 is 0 Å². The Bertz CT molecular complexity index is 658. The van der Waals surface area contributed by atoms with Gasteiger partial charge in [-0.25, -0.2) is 4.98 Å². The second-order valence-corrected chi connectivity index (χ2v) is 5.30. The van der Waals surface area contributed by atoms with Crippen LogP contribution in [-0.2, 0) is 0 Å². The zero-order chi connectivity index (χ0) is 13.8. The van der Waals surface area contributed by atoms with E-state index in [2.05, 4.69) is 16.2 Å². The topological polar surface area (TPSA) is 68.1 Å². The first-order chi connectivity index (χ1) is 9.11. The van der Waals surface area contributed by atoms with Crippen LogP contribution in [0.2, 0.25) is 0 Å². The van der Waals surface area contributed by atoms with Crippen molar-refractivity contribution in [1.82, 2.24) is 4.98 Å². The number of unbranched alkanes of at least 4 members (excludes halogenated alkanes) is 1. The molecule has 0 saturated carbocycles. The van der Waals surface area contributed by atoms with Gasteiger partial charge in [-0.15, -0.1) is 23.7 Å². The quantitative estimate of drug-likeness (QED) is 0.393. The number of aryl methyl sites for hydroxylation is 1. The summed E-state index contributed by atoms with van der Waals surface area (Å²) < 4.78 is 0.832. The predicted molar refractivity (Wildman–Crippen MR) is 77.6 cm³/mol. The maximum atomic E-state index is 11.1. The minimum Gasteiger partial charge on any atom is -0.379 e. The van der Waals surface area contributed by atoms with E-state index in [4.69, 9.17) is 6.42 Å². The SMILES string of the molecule is C#CCCCNc1cc2nc(C)sc2cc1[N+](=O)[O-]. The third-order valence-corrected chi connectivity index (χ3v) is 3.56. The fourth-order valence-corrected chi connectivity index (χ4v) is 2.63. The van der Waals surface area contributed by atoms with Gasteiger partial charge >= 0.3 is 0 Å². The molecule has 0 fully saturated rings. The van der Waals surface area contributed by atoms with Gasteiger partial charge in [0.25, 0.3) is 5.69 Å². The lowest BCUT2D eigenvalue weighted by Gasteiger charge is -2.05. The number of hydrogen-bond donors (Lipinski definition) is 1. The van der Waals surface area contributed by atoms with Crippen LogP contribution in [0.15, 0.2) is 12.1 Å². The van der Waals surface area contributed by atoms with Crippen molar-refractivity contribution in [2.24, 2.45) is 0 Å². The fourth-order valence-electron chi connectivity index (χ4n) is 1.78. The molecule has 1 N–H and O–H groups in total. The van der Waals surface area contributed by atoms with Crippen molar-refractivity contribution in [2.45, 2.75) is 19.8 Å². The molecule has 1 aromatic carbocycles. The number of nitrogens with one attached hydrogen (secondary N) is 1. The Labute approximate surface area is 114 Å². The second kappa shape index (κ2) is 5.67. The van der Waals surface area contributed by atoms with Gasteiger partial charge in [0.2, 0.25) is 0 Å². The van der Waals surface area contributed by atoms with Gasteiger partial charge in [0.15, 0.2) is 0 Å². The second-order valence-electron chi connectivity index (χ2n) is 4.06. The lowest BCUT2D eigenvalue weighted by Crippen LogP contribution is -2.04. The summed E-state index contributed by atoms with van der Waals surface area (Å²) in [6.45, 7) is 2.50. The zero-order valence-electron chi connectivity index (χ0n) is 10.5. The molecular weight excluding hydrogens is 262 g/mol. The van der Waals surface area contributed by atoms with Gasteiger partial charge in [0.05, 0.1) is 20.1 Å². The molecule has 2 aromatic rings. The zero-order valence-corrected chi connectivity index (χ0v) is 11.3. The van der Waals surface area contributed by atoms with E-state index in [1.807, 2.05) is 6.92 Å². The highest BCUT2D eigenvalue weighted by atomic mass is 32.1. The number of nitrogens with zero attached hydrogens (tertiary/aromatic N) is 2. The lowest BCUT2D eigenvalue weighted by atomic mass is 10.2. The molecule has 2 rings (SSSR count). The first-order valence-corrected chi connectivity index (χ1v) is 6.66. The summed E-state index contributed by atoms with van der Waals surface area (Å²) in [5.74, 6) is 2.54. The molecule has 0 spiro atoms. The Morgan fingerprint density at radius 2 is 2.37 bits per heavy atom. The van der Waals surface area contributed by atoms with Gasteiger partial charge in [-0.05, 0) is 19.4 Å². The van der Waals surface area contributed by atoms with Gasteiger partial charge in [0, 0.05) is 19.0 Å². The monoisotopic (exact) mass is 275 g/mol. The van der Waals surface area contributed by atoms with E-state index in [-0.39, 0.29) is 10.6 Å². The highest BCUT2D eigenvalue weighted by molar-refractivity contribution is 7.18. The van der Waals surface area contributed by atoms with E-state index in [0.717, 1.165) is 21.6 Å². The van der Waals surface area contributed by atoms with Crippen LogP contribution in [0.25, 0.3) is 10.2 Å². The number of benzene rings is 1. The van der Waals surface area contributed by atoms with Crippen molar-refractivity contribution in [3.8, 4) is 12.3 Å². The van der Waals surface area contributed by atoms with Crippen molar-refractivity contribution in [3.63, 3.8) is 0 Å². The van der Waals surface area contributed by atoms with Crippen LogP contribution in [-0.4, -0.2) is 16.5 Å². The van der Waals surface area contributed by atoms with Gasteiger partial charge in [-0.2, -0.15) is 0 Å². The molecule has 0 radical (unpaired) electrons. The number of rotatable bonds is 5. The maximum absolute atomic E-state index is 11.1. The molecule has 19 heavy (non-hydrogen) atoms. The summed E-state index contributed by atoms with van der Waals surface area (Å²) in [6, 6.07) is 3.30. The minimum absolute atomic E-state index is 0.0804. The molecular formula is C13H13N3O2S. The number of aromatic nitrogens is 1. The van der Waals surface area contributed by atoms with Crippen LogP contribution in [0, 0.1) is 29.4 Å². The molecule has 0 unspecified atom stereocenters. The molecule has 1 heterocycles. The van der Waals surface area contributed by atoms with Crippen LogP contribution in [0.4, 0.5) is 11.4 Å². The average Bonchev–Trinajstić information content (AvgIpc) is 2.72. The lowest BCUT2D eigenvalue weighted by molar-refractivity contribution is -0.383. The number of anilines is 1. The molecule has 1 aromatic heterocycles. The predicted octanol–water partition coefficient (Wildman–Crippen LogP) is 3.34. The van der Waals surface area contributed by atoms with Crippen LogP contribution in [0.1, 0.15) is 17.8 Å². The first-order valence-electron chi connectivity index (χ1n) is 5.84. The third kappa shape index (κ3) is 3.01. The molecule has 6 heteroatoms. The maximum Gasteiger partial charge on any atom is 0.293 e. The Kier molecular flexibility index (Phi) is 3.97. The molecule has 0 aliphatic heterocycles. The van der Waals surface area contributed by atoms with Gasteiger partial charge < -0.3 is 5.32 Å². The summed E-state index contributed by atoms with van der Waals surface area (Å²) in [7, 11) is 0. The van der Waals surface area contributed by atoms with Gasteiger partial charge in [-0.3, -0.25) is 10.1 Å². The molecule has 0 atom stereocenters. The first kappa shape index (κ1) is 13.3. The van der Waals surface area contributed by atoms with Crippen LogP contribution >= 0.6 is 11.3 Å². The van der Waals surface area contributed by atoms with E-state index >= 15 is 0 Å². The number of thiazole rings is 1. The van der Waals surface area contributed by atoms with Crippen molar-refractivity contribution in [3.05, 3.63) is 27.3 Å². The van der Waals surface area contributed by atoms with Crippen LogP contribution < -0.4 is 5.32 Å². The Hall–Kier alpha value is -2.13. The van der Waals surface area contributed by atoms with Gasteiger partial charge in [-0.1, -0.05) is 0 Å². The smallest absolute Gasteiger partial charge is 0.293 e. The number of nitro groups is 1. The van der Waals surface area contributed by atoms with Crippen molar-refractivity contribution in [2.75, 3.05) is 11.9 Å². The summed E-state index contributed by atoms with van der Waals surface area (Å²) in [5, 5.41) is 15.0. The number of hydrogen-bond acceptors (Lipinski definition) is 5. The van der Waals surface area contributed by atoms with E-state index in [1.54, 1.807) is 12.1 Å². The molecule has 0 saturated heterocycles. The van der Waals surface area contributed by atoms with Crippen molar-refractivity contribution < 1.29 is 4.92 Å². The van der Waals surface area contributed by atoms with Crippen molar-refractivity contribution >= 4 is 32.9 Å². The minimum atomic E-state index is -0.377. The third-order valence-electron chi connectivity index (χ3n) is 2.62. The van der Waals surface area contributed by atoms with Crippen LogP contribution in [0.3, 0.4) is 0 Å². The molecule has 0 bridgehead atoms. The number of nitro benzene ring substituents is 1.